The average molecular weight is 393 g/mol. The van der Waals surface area contributed by atoms with Gasteiger partial charge >= 0.3 is 0 Å². The fourth-order valence-corrected chi connectivity index (χ4v) is 2.67. The molecule has 0 spiro atoms. The van der Waals surface area contributed by atoms with Gasteiger partial charge in [0.25, 0.3) is 0 Å². The van der Waals surface area contributed by atoms with Gasteiger partial charge in [0, 0.05) is 22.6 Å². The summed E-state index contributed by atoms with van der Waals surface area (Å²) < 4.78 is 20.0. The van der Waals surface area contributed by atoms with E-state index in [2.05, 4.69) is 21.2 Å². The van der Waals surface area contributed by atoms with Gasteiger partial charge in [-0.3, -0.25) is 0 Å². The van der Waals surface area contributed by atoms with Crippen LogP contribution in [0.15, 0.2) is 34.8 Å². The van der Waals surface area contributed by atoms with Gasteiger partial charge in [-0.15, -0.1) is 0 Å². The lowest BCUT2D eigenvalue weighted by Gasteiger charge is -2.11. The lowest BCUT2D eigenvalue weighted by atomic mass is 10.1. The molecular weight excluding hydrogens is 380 g/mol. The molecule has 0 aromatic heterocycles. The van der Waals surface area contributed by atoms with Crippen LogP contribution in [0.4, 0.5) is 4.39 Å². The van der Waals surface area contributed by atoms with Crippen molar-refractivity contribution in [3.8, 4) is 5.75 Å². The smallest absolute Gasteiger partial charge is 0.139 e. The second-order valence-electron chi connectivity index (χ2n) is 4.44. The SMILES string of the molecule is CNCc1ccc(F)c(COc2cc(Cl)c(Br)cc2Cl)c1. The van der Waals surface area contributed by atoms with Gasteiger partial charge in [-0.05, 0) is 46.7 Å². The Kier molecular flexibility index (Phi) is 5.88. The Balaban J connectivity index is 2.16. The van der Waals surface area contributed by atoms with E-state index in [1.54, 1.807) is 24.3 Å². The molecule has 6 heteroatoms. The average Bonchev–Trinajstić information content (AvgIpc) is 2.44. The fraction of sp³-hybridized carbons (Fsp3) is 0.200. The lowest BCUT2D eigenvalue weighted by molar-refractivity contribution is 0.300. The topological polar surface area (TPSA) is 21.3 Å². The van der Waals surface area contributed by atoms with Crippen molar-refractivity contribution in [1.29, 1.82) is 0 Å². The summed E-state index contributed by atoms with van der Waals surface area (Å²) in [5.41, 5.74) is 1.45. The van der Waals surface area contributed by atoms with E-state index >= 15 is 0 Å². The maximum absolute atomic E-state index is 13.8. The number of ether oxygens (including phenoxy) is 1. The number of hydrogen-bond acceptors (Lipinski definition) is 2. The molecule has 0 aliphatic heterocycles. The first-order valence-corrected chi connectivity index (χ1v) is 7.75. The van der Waals surface area contributed by atoms with Crippen LogP contribution in [0.25, 0.3) is 0 Å². The minimum atomic E-state index is -0.311. The number of benzene rings is 2. The summed E-state index contributed by atoms with van der Waals surface area (Å²) in [4.78, 5) is 0. The number of hydrogen-bond donors (Lipinski definition) is 1. The molecule has 0 unspecified atom stereocenters. The molecule has 21 heavy (non-hydrogen) atoms. The third kappa shape index (κ3) is 4.33. The zero-order valence-electron chi connectivity index (χ0n) is 11.2. The summed E-state index contributed by atoms with van der Waals surface area (Å²) in [5, 5.41) is 3.92. The summed E-state index contributed by atoms with van der Waals surface area (Å²) in [5.74, 6) is 0.109. The molecule has 0 aliphatic carbocycles. The molecule has 2 nitrogen and oxygen atoms in total. The third-order valence-electron chi connectivity index (χ3n) is 2.85. The molecule has 0 atom stereocenters. The van der Waals surface area contributed by atoms with Gasteiger partial charge in [0.15, 0.2) is 0 Å². The largest absolute Gasteiger partial charge is 0.487 e. The van der Waals surface area contributed by atoms with Crippen molar-refractivity contribution in [3.05, 3.63) is 61.8 Å². The van der Waals surface area contributed by atoms with Crippen LogP contribution < -0.4 is 10.1 Å². The van der Waals surface area contributed by atoms with Crippen molar-refractivity contribution in [2.45, 2.75) is 13.2 Å². The molecule has 2 rings (SSSR count). The lowest BCUT2D eigenvalue weighted by Crippen LogP contribution is -2.07. The molecule has 1 N–H and O–H groups in total. The first kappa shape index (κ1) is 16.6. The van der Waals surface area contributed by atoms with Crippen LogP contribution in [-0.4, -0.2) is 7.05 Å². The zero-order valence-corrected chi connectivity index (χ0v) is 14.3. The highest BCUT2D eigenvalue weighted by Gasteiger charge is 2.09. The van der Waals surface area contributed by atoms with Crippen LogP contribution in [-0.2, 0) is 13.2 Å². The zero-order chi connectivity index (χ0) is 15.4. The Morgan fingerprint density at radius 1 is 1.19 bits per heavy atom. The predicted molar refractivity (Wildman–Crippen MR) is 87.7 cm³/mol. The monoisotopic (exact) mass is 391 g/mol. The van der Waals surface area contributed by atoms with Crippen molar-refractivity contribution in [3.63, 3.8) is 0 Å². The molecule has 0 radical (unpaired) electrons. The van der Waals surface area contributed by atoms with Gasteiger partial charge in [-0.25, -0.2) is 4.39 Å². The van der Waals surface area contributed by atoms with E-state index < -0.39 is 0 Å². The molecule has 0 aliphatic rings. The highest BCUT2D eigenvalue weighted by Crippen LogP contribution is 2.34. The highest BCUT2D eigenvalue weighted by atomic mass is 79.9. The van der Waals surface area contributed by atoms with Crippen LogP contribution in [0.1, 0.15) is 11.1 Å². The molecule has 2 aromatic carbocycles. The summed E-state index contributed by atoms with van der Waals surface area (Å²) in [7, 11) is 1.84. The molecule has 0 bridgehead atoms. The fourth-order valence-electron chi connectivity index (χ4n) is 1.82. The molecule has 112 valence electrons. The van der Waals surface area contributed by atoms with E-state index in [9.17, 15) is 4.39 Å². The van der Waals surface area contributed by atoms with E-state index in [-0.39, 0.29) is 12.4 Å². The number of rotatable bonds is 5. The van der Waals surface area contributed by atoms with Crippen molar-refractivity contribution >= 4 is 39.1 Å². The summed E-state index contributed by atoms with van der Waals surface area (Å²) >= 11 is 15.3. The molecule has 0 saturated carbocycles. The van der Waals surface area contributed by atoms with Gasteiger partial charge in [0.05, 0.1) is 10.0 Å². The van der Waals surface area contributed by atoms with Crippen LogP contribution in [0.3, 0.4) is 0 Å². The number of halogens is 4. The second kappa shape index (κ2) is 7.45. The Hall–Kier alpha value is -0.810. The van der Waals surface area contributed by atoms with E-state index in [0.29, 0.717) is 32.4 Å². The maximum Gasteiger partial charge on any atom is 0.139 e. The van der Waals surface area contributed by atoms with Gasteiger partial charge in [0.1, 0.15) is 18.2 Å². The van der Waals surface area contributed by atoms with Crippen molar-refractivity contribution in [2.75, 3.05) is 7.05 Å². The summed E-state index contributed by atoms with van der Waals surface area (Å²) in [6.07, 6.45) is 0. The summed E-state index contributed by atoms with van der Waals surface area (Å²) in [6.45, 7) is 0.749. The van der Waals surface area contributed by atoms with E-state index in [1.807, 2.05) is 7.05 Å². The van der Waals surface area contributed by atoms with Crippen molar-refractivity contribution in [2.24, 2.45) is 0 Å². The first-order valence-electron chi connectivity index (χ1n) is 6.20. The number of nitrogens with one attached hydrogen (secondary N) is 1. The molecule has 0 heterocycles. The van der Waals surface area contributed by atoms with E-state index in [0.717, 1.165) is 5.56 Å². The third-order valence-corrected chi connectivity index (χ3v) is 4.34. The molecule has 2 aromatic rings. The first-order chi connectivity index (χ1) is 10.0. The van der Waals surface area contributed by atoms with Gasteiger partial charge < -0.3 is 10.1 Å². The Morgan fingerprint density at radius 3 is 2.67 bits per heavy atom. The minimum Gasteiger partial charge on any atom is -0.487 e. The van der Waals surface area contributed by atoms with Crippen molar-refractivity contribution in [1.82, 2.24) is 5.32 Å². The Bertz CT molecular complexity index is 652. The molecule has 0 saturated heterocycles. The Morgan fingerprint density at radius 2 is 1.95 bits per heavy atom. The second-order valence-corrected chi connectivity index (χ2v) is 6.11. The maximum atomic E-state index is 13.8. The molecule has 0 amide bonds. The minimum absolute atomic E-state index is 0.0844. The summed E-state index contributed by atoms with van der Waals surface area (Å²) in [6, 6.07) is 8.18. The quantitative estimate of drug-likeness (QED) is 0.706. The van der Waals surface area contributed by atoms with Crippen LogP contribution in [0.2, 0.25) is 10.0 Å². The Labute approximate surface area is 141 Å². The van der Waals surface area contributed by atoms with Crippen LogP contribution >= 0.6 is 39.1 Å². The van der Waals surface area contributed by atoms with E-state index in [4.69, 9.17) is 27.9 Å². The van der Waals surface area contributed by atoms with E-state index in [1.165, 1.54) is 6.07 Å². The predicted octanol–water partition coefficient (Wildman–Crippen LogP) is 5.19. The normalized spacial score (nSPS) is 10.7. The van der Waals surface area contributed by atoms with Gasteiger partial charge in [-0.2, -0.15) is 0 Å². The van der Waals surface area contributed by atoms with Gasteiger partial charge in [-0.1, -0.05) is 29.3 Å². The van der Waals surface area contributed by atoms with Crippen LogP contribution in [0.5, 0.6) is 5.75 Å². The van der Waals surface area contributed by atoms with Crippen LogP contribution in [0, 0.1) is 5.82 Å². The van der Waals surface area contributed by atoms with Crippen molar-refractivity contribution < 1.29 is 9.13 Å². The molecular formula is C15H13BrCl2FNO. The molecule has 0 fully saturated rings. The standard InChI is InChI=1S/C15H13BrCl2FNO/c1-20-7-9-2-3-14(19)10(4-9)8-21-15-6-12(17)11(16)5-13(15)18/h2-6,20H,7-8H2,1H3. The highest BCUT2D eigenvalue weighted by molar-refractivity contribution is 9.10. The van der Waals surface area contributed by atoms with Gasteiger partial charge in [0.2, 0.25) is 0 Å².